The molecule has 0 bridgehead atoms. The van der Waals surface area contributed by atoms with Crippen LogP contribution in [-0.4, -0.2) is 19.4 Å². The maximum absolute atomic E-state index is 13.8. The van der Waals surface area contributed by atoms with Crippen LogP contribution in [0.1, 0.15) is 13.8 Å². The Morgan fingerprint density at radius 2 is 1.24 bits per heavy atom. The molecule has 2 aromatic rings. The molecule has 6 heteroatoms. The summed E-state index contributed by atoms with van der Waals surface area (Å²) in [7, 11) is -6.16. The Morgan fingerprint density at radius 1 is 0.800 bits per heavy atom. The van der Waals surface area contributed by atoms with Gasteiger partial charge in [0, 0.05) is 22.6 Å². The molecule has 25 heavy (non-hydrogen) atoms. The van der Waals surface area contributed by atoms with Gasteiger partial charge in [0.1, 0.15) is 7.14 Å². The van der Waals surface area contributed by atoms with Crippen molar-refractivity contribution in [3.63, 3.8) is 0 Å². The fraction of sp³-hybridized carbons (Fsp3) is 0.263. The molecule has 2 aromatic carbocycles. The van der Waals surface area contributed by atoms with Crippen LogP contribution in [0.5, 0.6) is 0 Å². The van der Waals surface area contributed by atoms with Crippen molar-refractivity contribution >= 4 is 25.3 Å². The van der Waals surface area contributed by atoms with Gasteiger partial charge in [0.25, 0.3) is 0 Å². The Balaban J connectivity index is 2.34. The molecule has 134 valence electrons. The van der Waals surface area contributed by atoms with E-state index in [1.807, 2.05) is 60.7 Å². The quantitative estimate of drug-likeness (QED) is 0.589. The summed E-state index contributed by atoms with van der Waals surface area (Å²) in [5, 5.41) is 1.54. The van der Waals surface area contributed by atoms with E-state index in [1.54, 1.807) is 19.9 Å². The molecule has 2 rings (SSSR count). The smallest absolute Gasteiger partial charge is 0.313 e. The number of hydrogen-bond donors (Lipinski definition) is 0. The summed E-state index contributed by atoms with van der Waals surface area (Å²) in [6.07, 6.45) is 1.91. The highest BCUT2D eigenvalue weighted by molar-refractivity contribution is 7.78. The lowest BCUT2D eigenvalue weighted by Gasteiger charge is -2.18. The van der Waals surface area contributed by atoms with E-state index in [0.29, 0.717) is 0 Å². The molecule has 0 N–H and O–H groups in total. The Hall–Kier alpha value is -1.44. The third-order valence-corrected chi connectivity index (χ3v) is 8.42. The van der Waals surface area contributed by atoms with Crippen molar-refractivity contribution in [3.05, 3.63) is 72.6 Å². The van der Waals surface area contributed by atoms with Crippen LogP contribution < -0.4 is 10.6 Å². The lowest BCUT2D eigenvalue weighted by Crippen LogP contribution is -2.17. The summed E-state index contributed by atoms with van der Waals surface area (Å²) in [6, 6.07) is 18.8. The maximum atomic E-state index is 13.8. The van der Waals surface area contributed by atoms with Crippen LogP contribution in [0, 0.1) is 0 Å². The lowest BCUT2D eigenvalue weighted by atomic mass is 10.4. The zero-order chi connectivity index (χ0) is 18.2. The lowest BCUT2D eigenvalue weighted by molar-refractivity contribution is 0.229. The van der Waals surface area contributed by atoms with Crippen molar-refractivity contribution in [3.8, 4) is 0 Å². The summed E-state index contributed by atoms with van der Waals surface area (Å²) in [5.41, 5.74) is 0. The SMILES string of the molecule is CCOP(=O)(/C=C/CP(=O)(c1ccccc1)c1ccccc1)OCC. The Morgan fingerprint density at radius 3 is 1.64 bits per heavy atom. The highest BCUT2D eigenvalue weighted by Gasteiger charge is 2.26. The second kappa shape index (κ2) is 9.31. The van der Waals surface area contributed by atoms with Crippen LogP contribution in [0.2, 0.25) is 0 Å². The minimum absolute atomic E-state index is 0.255. The molecule has 0 aromatic heterocycles. The van der Waals surface area contributed by atoms with E-state index in [1.165, 1.54) is 5.82 Å². The molecule has 0 aliphatic heterocycles. The molecule has 0 aliphatic rings. The van der Waals surface area contributed by atoms with E-state index in [4.69, 9.17) is 9.05 Å². The molecule has 0 amide bonds. The van der Waals surface area contributed by atoms with E-state index >= 15 is 0 Å². The molecule has 0 fully saturated rings. The molecule has 0 saturated heterocycles. The van der Waals surface area contributed by atoms with E-state index in [9.17, 15) is 9.13 Å². The van der Waals surface area contributed by atoms with Crippen LogP contribution in [0.3, 0.4) is 0 Å². The van der Waals surface area contributed by atoms with Gasteiger partial charge >= 0.3 is 7.60 Å². The summed E-state index contributed by atoms with van der Waals surface area (Å²) < 4.78 is 36.9. The van der Waals surface area contributed by atoms with E-state index in [-0.39, 0.29) is 19.4 Å². The fourth-order valence-corrected chi connectivity index (χ4v) is 6.43. The largest absolute Gasteiger partial charge is 0.353 e. The van der Waals surface area contributed by atoms with Crippen molar-refractivity contribution < 1.29 is 18.2 Å². The topological polar surface area (TPSA) is 52.6 Å². The second-order valence-electron chi connectivity index (χ2n) is 5.35. The molecule has 0 spiro atoms. The van der Waals surface area contributed by atoms with E-state index in [0.717, 1.165) is 10.6 Å². The van der Waals surface area contributed by atoms with Crippen molar-refractivity contribution in [1.29, 1.82) is 0 Å². The third-order valence-electron chi connectivity index (χ3n) is 3.62. The van der Waals surface area contributed by atoms with Gasteiger partial charge in [0.15, 0.2) is 0 Å². The summed E-state index contributed by atoms with van der Waals surface area (Å²) in [6.45, 7) is 4.10. The molecule has 0 saturated carbocycles. The second-order valence-corrected chi connectivity index (χ2v) is 10.1. The highest BCUT2D eigenvalue weighted by atomic mass is 31.2. The molecule has 0 heterocycles. The highest BCUT2D eigenvalue weighted by Crippen LogP contribution is 2.51. The van der Waals surface area contributed by atoms with Crippen LogP contribution in [-0.2, 0) is 18.2 Å². The van der Waals surface area contributed by atoms with E-state index in [2.05, 4.69) is 0 Å². The molecule has 0 unspecified atom stereocenters. The monoisotopic (exact) mass is 378 g/mol. The first-order chi connectivity index (χ1) is 12.0. The zero-order valence-corrected chi connectivity index (χ0v) is 16.4. The fourth-order valence-electron chi connectivity index (χ4n) is 2.51. The van der Waals surface area contributed by atoms with Gasteiger partial charge in [0.2, 0.25) is 0 Å². The van der Waals surface area contributed by atoms with Gasteiger partial charge in [-0.15, -0.1) is 0 Å². The van der Waals surface area contributed by atoms with Crippen molar-refractivity contribution in [2.45, 2.75) is 13.8 Å². The summed E-state index contributed by atoms with van der Waals surface area (Å²) >= 11 is 0. The molecule has 4 nitrogen and oxygen atoms in total. The average Bonchev–Trinajstić information content (AvgIpc) is 2.63. The summed E-state index contributed by atoms with van der Waals surface area (Å²) in [4.78, 5) is 0. The molecule has 0 radical (unpaired) electrons. The predicted octanol–water partition coefficient (Wildman–Crippen LogP) is 4.78. The van der Waals surface area contributed by atoms with Gasteiger partial charge in [-0.05, 0) is 13.8 Å². The zero-order valence-electron chi connectivity index (χ0n) is 14.6. The first-order valence-electron chi connectivity index (χ1n) is 8.31. The number of rotatable bonds is 9. The minimum atomic E-state index is -3.29. The van der Waals surface area contributed by atoms with Crippen LogP contribution >= 0.6 is 14.7 Å². The van der Waals surface area contributed by atoms with Gasteiger partial charge in [-0.2, -0.15) is 0 Å². The third kappa shape index (κ3) is 5.26. The predicted molar refractivity (Wildman–Crippen MR) is 105 cm³/mol. The van der Waals surface area contributed by atoms with Crippen molar-refractivity contribution in [2.75, 3.05) is 19.4 Å². The number of allylic oxidation sites excluding steroid dienone is 1. The van der Waals surface area contributed by atoms with Crippen LogP contribution in [0.25, 0.3) is 0 Å². The normalized spacial score (nSPS) is 12.6. The average molecular weight is 378 g/mol. The molecular formula is C19H24O4P2. The Kier molecular flexibility index (Phi) is 7.40. The van der Waals surface area contributed by atoms with Crippen LogP contribution in [0.4, 0.5) is 0 Å². The first kappa shape index (κ1) is 19.9. The van der Waals surface area contributed by atoms with Crippen LogP contribution in [0.15, 0.2) is 72.6 Å². The molecule has 0 atom stereocenters. The molecule has 0 aliphatic carbocycles. The number of hydrogen-bond acceptors (Lipinski definition) is 4. The van der Waals surface area contributed by atoms with E-state index < -0.39 is 14.7 Å². The standard InChI is InChI=1S/C19H24O4P2/c1-3-22-25(21,23-4-2)17-11-16-24(20,18-12-7-5-8-13-18)19-14-9-6-10-15-19/h5-15,17H,3-4,16H2,1-2H3/b17-11+. The molecular weight excluding hydrogens is 354 g/mol. The Bertz CT molecular complexity index is 719. The summed E-state index contributed by atoms with van der Waals surface area (Å²) in [5.74, 6) is 1.43. The van der Waals surface area contributed by atoms with Crippen molar-refractivity contribution in [1.82, 2.24) is 0 Å². The minimum Gasteiger partial charge on any atom is -0.313 e. The number of benzene rings is 2. The van der Waals surface area contributed by atoms with Gasteiger partial charge in [-0.25, -0.2) is 0 Å². The van der Waals surface area contributed by atoms with Gasteiger partial charge in [0.05, 0.1) is 13.2 Å². The Labute approximate surface area is 149 Å². The maximum Gasteiger partial charge on any atom is 0.353 e. The first-order valence-corrected chi connectivity index (χ1v) is 11.8. The van der Waals surface area contributed by atoms with Gasteiger partial charge < -0.3 is 13.6 Å². The van der Waals surface area contributed by atoms with Crippen molar-refractivity contribution in [2.24, 2.45) is 0 Å². The van der Waals surface area contributed by atoms with Gasteiger partial charge in [-0.1, -0.05) is 66.7 Å². The van der Waals surface area contributed by atoms with Gasteiger partial charge in [-0.3, -0.25) is 4.57 Å².